The molecule has 0 aromatic heterocycles. The molecule has 0 aliphatic carbocycles. The van der Waals surface area contributed by atoms with E-state index in [-0.39, 0.29) is 24.3 Å². The molecule has 0 saturated carbocycles. The summed E-state index contributed by atoms with van der Waals surface area (Å²) in [5, 5.41) is 3.87. The number of nitrogens with zero attached hydrogens (tertiary/aromatic N) is 2. The lowest BCUT2D eigenvalue weighted by molar-refractivity contribution is -0.134. The smallest absolute Gasteiger partial charge is 0.262 e. The van der Waals surface area contributed by atoms with Gasteiger partial charge in [0.15, 0.2) is 6.61 Å². The number of anilines is 2. The standard InChI is InChI=1S/C22H25Cl2N3O3/c1-15(2)22(29)27-12-10-26(11-13-27)21-17(24)7-5-8-18(21)25-20(28)14-30-19-9-4-3-6-16(19)23/h3-9,15H,10-14H2,1-2H3,(H,25,28). The van der Waals surface area contributed by atoms with Crippen LogP contribution in [0.1, 0.15) is 13.8 Å². The maximum atomic E-state index is 12.5. The van der Waals surface area contributed by atoms with E-state index < -0.39 is 0 Å². The van der Waals surface area contributed by atoms with E-state index in [1.807, 2.05) is 18.7 Å². The predicted molar refractivity (Wildman–Crippen MR) is 121 cm³/mol. The van der Waals surface area contributed by atoms with Crippen molar-refractivity contribution in [2.24, 2.45) is 5.92 Å². The predicted octanol–water partition coefficient (Wildman–Crippen LogP) is 4.32. The number of halogens is 2. The Morgan fingerprint density at radius 2 is 1.67 bits per heavy atom. The van der Waals surface area contributed by atoms with Gasteiger partial charge in [-0.1, -0.05) is 55.2 Å². The van der Waals surface area contributed by atoms with Crippen LogP contribution in [0, 0.1) is 5.92 Å². The Bertz CT molecular complexity index is 912. The molecular formula is C22H25Cl2N3O3. The third-order valence-corrected chi connectivity index (χ3v) is 5.48. The number of amides is 2. The van der Waals surface area contributed by atoms with Gasteiger partial charge in [0.2, 0.25) is 5.91 Å². The lowest BCUT2D eigenvalue weighted by Crippen LogP contribution is -2.50. The van der Waals surface area contributed by atoms with Gasteiger partial charge in [-0.3, -0.25) is 9.59 Å². The first-order valence-electron chi connectivity index (χ1n) is 9.86. The van der Waals surface area contributed by atoms with Crippen molar-refractivity contribution in [3.05, 3.63) is 52.5 Å². The minimum Gasteiger partial charge on any atom is -0.482 e. The Kier molecular flexibility index (Phi) is 7.45. The van der Waals surface area contributed by atoms with E-state index in [0.717, 1.165) is 5.69 Å². The maximum Gasteiger partial charge on any atom is 0.262 e. The van der Waals surface area contributed by atoms with Gasteiger partial charge in [0, 0.05) is 32.1 Å². The molecule has 0 atom stereocenters. The van der Waals surface area contributed by atoms with Crippen LogP contribution in [0.2, 0.25) is 10.0 Å². The highest BCUT2D eigenvalue weighted by molar-refractivity contribution is 6.34. The van der Waals surface area contributed by atoms with Gasteiger partial charge < -0.3 is 19.9 Å². The van der Waals surface area contributed by atoms with Crippen molar-refractivity contribution in [1.82, 2.24) is 4.90 Å². The van der Waals surface area contributed by atoms with Crippen LogP contribution in [0.25, 0.3) is 0 Å². The van der Waals surface area contributed by atoms with Crippen molar-refractivity contribution in [2.75, 3.05) is 43.0 Å². The molecular weight excluding hydrogens is 425 g/mol. The van der Waals surface area contributed by atoms with E-state index in [9.17, 15) is 9.59 Å². The topological polar surface area (TPSA) is 61.9 Å². The molecule has 30 heavy (non-hydrogen) atoms. The Morgan fingerprint density at radius 1 is 1.00 bits per heavy atom. The van der Waals surface area contributed by atoms with E-state index in [0.29, 0.717) is 47.7 Å². The van der Waals surface area contributed by atoms with E-state index >= 15 is 0 Å². The molecule has 1 aliphatic heterocycles. The third kappa shape index (κ3) is 5.37. The van der Waals surface area contributed by atoms with Crippen molar-refractivity contribution in [3.8, 4) is 5.75 Å². The molecule has 3 rings (SSSR count). The molecule has 2 amide bonds. The summed E-state index contributed by atoms with van der Waals surface area (Å²) in [7, 11) is 0. The van der Waals surface area contributed by atoms with Gasteiger partial charge in [-0.05, 0) is 24.3 Å². The first-order chi connectivity index (χ1) is 14.4. The lowest BCUT2D eigenvalue weighted by atomic mass is 10.1. The lowest BCUT2D eigenvalue weighted by Gasteiger charge is -2.38. The number of ether oxygens (including phenoxy) is 1. The fraction of sp³-hybridized carbons (Fsp3) is 0.364. The van der Waals surface area contributed by atoms with Crippen LogP contribution in [-0.2, 0) is 9.59 Å². The molecule has 0 unspecified atom stereocenters. The van der Waals surface area contributed by atoms with Gasteiger partial charge in [-0.2, -0.15) is 0 Å². The number of rotatable bonds is 6. The minimum atomic E-state index is -0.313. The van der Waals surface area contributed by atoms with Gasteiger partial charge in [0.05, 0.1) is 21.4 Å². The summed E-state index contributed by atoms with van der Waals surface area (Å²) < 4.78 is 5.51. The molecule has 1 heterocycles. The molecule has 6 nitrogen and oxygen atoms in total. The van der Waals surface area contributed by atoms with Gasteiger partial charge in [-0.15, -0.1) is 0 Å². The van der Waals surface area contributed by atoms with Crippen LogP contribution < -0.4 is 15.0 Å². The molecule has 2 aromatic rings. The highest BCUT2D eigenvalue weighted by Gasteiger charge is 2.25. The zero-order chi connectivity index (χ0) is 21.7. The normalized spacial score (nSPS) is 14.0. The SMILES string of the molecule is CC(C)C(=O)N1CCN(c2c(Cl)cccc2NC(=O)COc2ccccc2Cl)CC1. The van der Waals surface area contributed by atoms with E-state index in [1.165, 1.54) is 0 Å². The molecule has 1 saturated heterocycles. The number of carbonyl (C=O) groups is 2. The van der Waals surface area contributed by atoms with Crippen molar-refractivity contribution < 1.29 is 14.3 Å². The quantitative estimate of drug-likeness (QED) is 0.713. The number of nitrogens with one attached hydrogen (secondary N) is 1. The number of hydrogen-bond donors (Lipinski definition) is 1. The Morgan fingerprint density at radius 3 is 2.33 bits per heavy atom. The van der Waals surface area contributed by atoms with Gasteiger partial charge in [0.25, 0.3) is 5.91 Å². The largest absolute Gasteiger partial charge is 0.482 e. The Labute approximate surface area is 186 Å². The summed E-state index contributed by atoms with van der Waals surface area (Å²) in [5.74, 6) is 0.266. The first kappa shape index (κ1) is 22.2. The van der Waals surface area contributed by atoms with Crippen molar-refractivity contribution in [2.45, 2.75) is 13.8 Å². The molecule has 0 spiro atoms. The Hall–Kier alpha value is -2.44. The zero-order valence-corrected chi connectivity index (χ0v) is 18.5. The molecule has 2 aromatic carbocycles. The van der Waals surface area contributed by atoms with Crippen LogP contribution in [-0.4, -0.2) is 49.5 Å². The number of para-hydroxylation sites is 2. The third-order valence-electron chi connectivity index (χ3n) is 4.86. The minimum absolute atomic E-state index is 0.0233. The van der Waals surface area contributed by atoms with Crippen molar-refractivity contribution >= 4 is 46.4 Å². The molecule has 1 fully saturated rings. The maximum absolute atomic E-state index is 12.5. The highest BCUT2D eigenvalue weighted by atomic mass is 35.5. The molecule has 8 heteroatoms. The van der Waals surface area contributed by atoms with Crippen molar-refractivity contribution in [1.29, 1.82) is 0 Å². The summed E-state index contributed by atoms with van der Waals surface area (Å²) in [6.07, 6.45) is 0. The average Bonchev–Trinajstić information content (AvgIpc) is 2.73. The second-order valence-electron chi connectivity index (χ2n) is 7.37. The monoisotopic (exact) mass is 449 g/mol. The molecule has 1 aliphatic rings. The Balaban J connectivity index is 1.66. The van der Waals surface area contributed by atoms with Crippen LogP contribution >= 0.6 is 23.2 Å². The van der Waals surface area contributed by atoms with E-state index in [1.54, 1.807) is 42.5 Å². The van der Waals surface area contributed by atoms with Crippen LogP contribution in [0.15, 0.2) is 42.5 Å². The summed E-state index contributed by atoms with van der Waals surface area (Å²) in [4.78, 5) is 28.7. The second-order valence-corrected chi connectivity index (χ2v) is 8.18. The average molecular weight is 450 g/mol. The van der Waals surface area contributed by atoms with E-state index in [4.69, 9.17) is 27.9 Å². The summed E-state index contributed by atoms with van der Waals surface area (Å²) in [5.41, 5.74) is 1.36. The number of benzene rings is 2. The number of carbonyl (C=O) groups excluding carboxylic acids is 2. The summed E-state index contributed by atoms with van der Waals surface area (Å²) >= 11 is 12.5. The summed E-state index contributed by atoms with van der Waals surface area (Å²) in [6, 6.07) is 12.4. The second kappa shape index (κ2) is 10.0. The number of hydrogen-bond acceptors (Lipinski definition) is 4. The van der Waals surface area contributed by atoms with E-state index in [2.05, 4.69) is 10.2 Å². The van der Waals surface area contributed by atoms with Crippen LogP contribution in [0.4, 0.5) is 11.4 Å². The molecule has 160 valence electrons. The first-order valence-corrected chi connectivity index (χ1v) is 10.6. The molecule has 0 bridgehead atoms. The van der Waals surface area contributed by atoms with Crippen molar-refractivity contribution in [3.63, 3.8) is 0 Å². The molecule has 0 radical (unpaired) electrons. The fourth-order valence-corrected chi connectivity index (χ4v) is 3.83. The van der Waals surface area contributed by atoms with Crippen LogP contribution in [0.3, 0.4) is 0 Å². The molecule has 1 N–H and O–H groups in total. The van der Waals surface area contributed by atoms with Gasteiger partial charge in [-0.25, -0.2) is 0 Å². The van der Waals surface area contributed by atoms with Gasteiger partial charge >= 0.3 is 0 Å². The summed E-state index contributed by atoms with van der Waals surface area (Å²) in [6.45, 7) is 6.15. The zero-order valence-electron chi connectivity index (χ0n) is 17.0. The van der Waals surface area contributed by atoms with Crippen LogP contribution in [0.5, 0.6) is 5.75 Å². The fourth-order valence-electron chi connectivity index (χ4n) is 3.34. The number of piperazine rings is 1. The highest BCUT2D eigenvalue weighted by Crippen LogP contribution is 2.34. The van der Waals surface area contributed by atoms with Gasteiger partial charge in [0.1, 0.15) is 5.75 Å².